The average Bonchev–Trinajstić information content (AvgIpc) is 2.09. The molecule has 0 heterocycles. The number of benzene rings is 1. The first-order chi connectivity index (χ1) is 6.15. The van der Waals surface area contributed by atoms with E-state index < -0.39 is 5.82 Å². The highest BCUT2D eigenvalue weighted by Gasteiger charge is 2.05. The van der Waals surface area contributed by atoms with E-state index in [1.54, 1.807) is 0 Å². The molecule has 0 saturated carbocycles. The molecule has 1 aromatic carbocycles. The van der Waals surface area contributed by atoms with Crippen LogP contribution >= 0.6 is 27.5 Å². The maximum Gasteiger partial charge on any atom is 0.235 e. The van der Waals surface area contributed by atoms with Gasteiger partial charge in [0.1, 0.15) is 5.82 Å². The van der Waals surface area contributed by atoms with Gasteiger partial charge in [0, 0.05) is 5.02 Å². The highest BCUT2D eigenvalue weighted by molar-refractivity contribution is 9.10. The first-order valence-electron chi connectivity index (χ1n) is 3.32. The van der Waals surface area contributed by atoms with Crippen molar-refractivity contribution in [1.82, 2.24) is 0 Å². The zero-order valence-corrected chi connectivity index (χ0v) is 8.69. The summed E-state index contributed by atoms with van der Waals surface area (Å²) in [6.45, 7) is 0.112. The van der Waals surface area contributed by atoms with Crippen molar-refractivity contribution < 1.29 is 9.18 Å². The van der Waals surface area contributed by atoms with Gasteiger partial charge in [-0.3, -0.25) is 0 Å². The zero-order chi connectivity index (χ0) is 9.84. The maximum atomic E-state index is 12.8. The molecule has 0 saturated heterocycles. The lowest BCUT2D eigenvalue weighted by molar-refractivity contribution is 0.562. The van der Waals surface area contributed by atoms with Gasteiger partial charge in [0.15, 0.2) is 0 Å². The quantitative estimate of drug-likeness (QED) is 0.458. The van der Waals surface area contributed by atoms with E-state index in [1.807, 2.05) is 0 Å². The standard InChI is InChI=1S/C8H4BrClFNO/c9-6-1-5(3-12-4-13)7(10)2-8(6)11/h1-2H,3H2. The zero-order valence-electron chi connectivity index (χ0n) is 6.35. The Morgan fingerprint density at radius 3 is 2.92 bits per heavy atom. The molecule has 0 aliphatic rings. The van der Waals surface area contributed by atoms with Crippen molar-refractivity contribution in [3.8, 4) is 0 Å². The normalized spacial score (nSPS) is 9.46. The van der Waals surface area contributed by atoms with Crippen molar-refractivity contribution >= 4 is 33.6 Å². The summed E-state index contributed by atoms with van der Waals surface area (Å²) < 4.78 is 13.1. The number of carbonyl (C=O) groups excluding carboxylic acids is 1. The lowest BCUT2D eigenvalue weighted by atomic mass is 10.2. The smallest absolute Gasteiger partial charge is 0.211 e. The SMILES string of the molecule is O=C=NCc1cc(Br)c(F)cc1Cl. The maximum absolute atomic E-state index is 12.8. The van der Waals surface area contributed by atoms with Crippen LogP contribution < -0.4 is 0 Å². The highest BCUT2D eigenvalue weighted by Crippen LogP contribution is 2.24. The predicted molar refractivity (Wildman–Crippen MR) is 50.9 cm³/mol. The summed E-state index contributed by atoms with van der Waals surface area (Å²) in [5, 5.41) is 0.250. The first-order valence-corrected chi connectivity index (χ1v) is 4.49. The molecule has 0 aromatic heterocycles. The van der Waals surface area contributed by atoms with E-state index in [1.165, 1.54) is 18.2 Å². The minimum absolute atomic E-state index is 0.112. The van der Waals surface area contributed by atoms with Gasteiger partial charge in [0.2, 0.25) is 6.08 Å². The van der Waals surface area contributed by atoms with Crippen LogP contribution in [0.5, 0.6) is 0 Å². The van der Waals surface area contributed by atoms with Crippen LogP contribution in [0.15, 0.2) is 21.6 Å². The third kappa shape index (κ3) is 2.62. The van der Waals surface area contributed by atoms with Crippen molar-refractivity contribution in [2.75, 3.05) is 0 Å². The van der Waals surface area contributed by atoms with Crippen LogP contribution in [-0.4, -0.2) is 6.08 Å². The van der Waals surface area contributed by atoms with Gasteiger partial charge in [-0.1, -0.05) is 11.6 Å². The fourth-order valence-electron chi connectivity index (χ4n) is 0.802. The molecule has 0 N–H and O–H groups in total. The molecule has 1 aromatic rings. The van der Waals surface area contributed by atoms with E-state index in [0.29, 0.717) is 10.0 Å². The fraction of sp³-hybridized carbons (Fsp3) is 0.125. The fourth-order valence-corrected chi connectivity index (χ4v) is 1.40. The summed E-state index contributed by atoms with van der Waals surface area (Å²) in [6.07, 6.45) is 1.38. The Bertz CT molecular complexity index is 377. The van der Waals surface area contributed by atoms with Crippen LogP contribution in [0.1, 0.15) is 5.56 Å². The molecule has 1 rings (SSSR count). The molecule has 68 valence electrons. The molecule has 0 aliphatic heterocycles. The lowest BCUT2D eigenvalue weighted by Crippen LogP contribution is -1.86. The minimum Gasteiger partial charge on any atom is -0.211 e. The molecule has 0 radical (unpaired) electrons. The Labute approximate surface area is 87.6 Å². The van der Waals surface area contributed by atoms with E-state index in [-0.39, 0.29) is 11.6 Å². The first kappa shape index (κ1) is 10.4. The Morgan fingerprint density at radius 1 is 1.62 bits per heavy atom. The van der Waals surface area contributed by atoms with Gasteiger partial charge in [-0.15, -0.1) is 0 Å². The number of nitrogens with zero attached hydrogens (tertiary/aromatic N) is 1. The Balaban J connectivity index is 3.07. The highest BCUT2D eigenvalue weighted by atomic mass is 79.9. The van der Waals surface area contributed by atoms with Gasteiger partial charge >= 0.3 is 0 Å². The van der Waals surface area contributed by atoms with Crippen LogP contribution in [0.25, 0.3) is 0 Å². The van der Waals surface area contributed by atoms with E-state index in [0.717, 1.165) is 0 Å². The second kappa shape index (κ2) is 4.51. The average molecular weight is 264 g/mol. The van der Waals surface area contributed by atoms with Crippen LogP contribution in [0.3, 0.4) is 0 Å². The molecule has 0 bridgehead atoms. The van der Waals surface area contributed by atoms with Crippen molar-refractivity contribution in [2.24, 2.45) is 4.99 Å². The Kier molecular flexibility index (Phi) is 3.60. The van der Waals surface area contributed by atoms with Crippen LogP contribution in [-0.2, 0) is 11.3 Å². The molecular formula is C8H4BrClFNO. The Hall–Kier alpha value is -0.700. The van der Waals surface area contributed by atoms with Gasteiger partial charge in [-0.05, 0) is 33.6 Å². The molecule has 0 unspecified atom stereocenters. The van der Waals surface area contributed by atoms with Crippen LogP contribution in [0.2, 0.25) is 5.02 Å². The molecule has 0 atom stereocenters. The summed E-state index contributed by atoms with van der Waals surface area (Å²) in [6, 6.07) is 2.65. The van der Waals surface area contributed by atoms with Gasteiger partial charge in [-0.2, -0.15) is 0 Å². The van der Waals surface area contributed by atoms with Crippen molar-refractivity contribution in [2.45, 2.75) is 6.54 Å². The topological polar surface area (TPSA) is 29.4 Å². The van der Waals surface area contributed by atoms with E-state index in [9.17, 15) is 9.18 Å². The van der Waals surface area contributed by atoms with E-state index >= 15 is 0 Å². The molecular weight excluding hydrogens is 260 g/mol. The monoisotopic (exact) mass is 263 g/mol. The summed E-state index contributed by atoms with van der Waals surface area (Å²) in [5.41, 5.74) is 0.582. The van der Waals surface area contributed by atoms with Crippen molar-refractivity contribution in [1.29, 1.82) is 0 Å². The van der Waals surface area contributed by atoms with Gasteiger partial charge in [0.25, 0.3) is 0 Å². The summed E-state index contributed by atoms with van der Waals surface area (Å²) in [5.74, 6) is -0.441. The number of halogens is 3. The van der Waals surface area contributed by atoms with Crippen molar-refractivity contribution in [3.05, 3.63) is 33.0 Å². The van der Waals surface area contributed by atoms with Gasteiger partial charge in [0.05, 0.1) is 11.0 Å². The van der Waals surface area contributed by atoms with E-state index in [4.69, 9.17) is 11.6 Å². The van der Waals surface area contributed by atoms with Crippen LogP contribution in [0, 0.1) is 5.82 Å². The summed E-state index contributed by atoms with van der Waals surface area (Å²) in [7, 11) is 0. The number of hydrogen-bond acceptors (Lipinski definition) is 2. The molecule has 13 heavy (non-hydrogen) atoms. The Morgan fingerprint density at radius 2 is 2.31 bits per heavy atom. The van der Waals surface area contributed by atoms with Crippen LogP contribution in [0.4, 0.5) is 4.39 Å². The predicted octanol–water partition coefficient (Wildman–Crippen LogP) is 3.08. The third-order valence-electron chi connectivity index (χ3n) is 1.40. The molecule has 0 amide bonds. The lowest BCUT2D eigenvalue weighted by Gasteiger charge is -2.01. The van der Waals surface area contributed by atoms with Gasteiger partial charge in [-0.25, -0.2) is 14.2 Å². The van der Waals surface area contributed by atoms with Crippen molar-refractivity contribution in [3.63, 3.8) is 0 Å². The third-order valence-corrected chi connectivity index (χ3v) is 2.36. The number of isocyanates is 1. The largest absolute Gasteiger partial charge is 0.235 e. The van der Waals surface area contributed by atoms with Gasteiger partial charge < -0.3 is 0 Å². The second-order valence-corrected chi connectivity index (χ2v) is 3.53. The molecule has 5 heteroatoms. The second-order valence-electron chi connectivity index (χ2n) is 2.27. The number of rotatable bonds is 2. The summed E-state index contributed by atoms with van der Waals surface area (Å²) >= 11 is 8.68. The molecule has 0 aliphatic carbocycles. The number of hydrogen-bond donors (Lipinski definition) is 0. The summed E-state index contributed by atoms with van der Waals surface area (Å²) in [4.78, 5) is 13.2. The molecule has 2 nitrogen and oxygen atoms in total. The van der Waals surface area contributed by atoms with E-state index in [2.05, 4.69) is 20.9 Å². The molecule has 0 fully saturated rings. The molecule has 0 spiro atoms. The number of aliphatic imine (C=N–C) groups is 1. The minimum atomic E-state index is -0.441.